The zero-order valence-electron chi connectivity index (χ0n) is 10.5. The molecule has 1 fully saturated rings. The van der Waals surface area contributed by atoms with Gasteiger partial charge >= 0.3 is 0 Å². The summed E-state index contributed by atoms with van der Waals surface area (Å²) in [5, 5.41) is 3.39. The fourth-order valence-corrected chi connectivity index (χ4v) is 2.32. The molecule has 19 heavy (non-hydrogen) atoms. The second kappa shape index (κ2) is 5.22. The van der Waals surface area contributed by atoms with Crippen molar-refractivity contribution >= 4 is 17.3 Å². The lowest BCUT2D eigenvalue weighted by Gasteiger charge is -2.08. The van der Waals surface area contributed by atoms with E-state index in [4.69, 9.17) is 11.6 Å². The van der Waals surface area contributed by atoms with E-state index in [0.29, 0.717) is 6.54 Å². The van der Waals surface area contributed by atoms with Crippen LogP contribution in [0.1, 0.15) is 29.9 Å². The molecule has 1 aliphatic rings. The molecule has 0 heterocycles. The predicted octanol–water partition coefficient (Wildman–Crippen LogP) is 4.97. The molecule has 0 radical (unpaired) electrons. The minimum atomic E-state index is -0.388. The predicted molar refractivity (Wildman–Crippen MR) is 77.2 cm³/mol. The smallest absolute Gasteiger partial charge is 0.141 e. The number of rotatable bonds is 4. The average molecular weight is 276 g/mol. The van der Waals surface area contributed by atoms with E-state index in [2.05, 4.69) is 29.6 Å². The normalized spacial score (nSPS) is 14.4. The van der Waals surface area contributed by atoms with E-state index in [0.717, 1.165) is 11.6 Å². The second-order valence-electron chi connectivity index (χ2n) is 5.00. The Kier molecular flexibility index (Phi) is 3.43. The molecule has 98 valence electrons. The third-order valence-electron chi connectivity index (χ3n) is 3.44. The van der Waals surface area contributed by atoms with Crippen molar-refractivity contribution < 1.29 is 4.39 Å². The maximum atomic E-state index is 13.0. The van der Waals surface area contributed by atoms with Crippen molar-refractivity contribution in [3.8, 4) is 0 Å². The maximum absolute atomic E-state index is 13.0. The summed E-state index contributed by atoms with van der Waals surface area (Å²) in [4.78, 5) is 0. The molecule has 0 spiro atoms. The van der Waals surface area contributed by atoms with Gasteiger partial charge in [0.05, 0.1) is 5.02 Å². The van der Waals surface area contributed by atoms with Crippen molar-refractivity contribution in [2.24, 2.45) is 0 Å². The molecule has 0 aliphatic heterocycles. The number of benzene rings is 2. The first-order valence-corrected chi connectivity index (χ1v) is 6.88. The molecule has 0 aromatic heterocycles. The van der Waals surface area contributed by atoms with Crippen molar-refractivity contribution in [1.29, 1.82) is 0 Å². The Labute approximate surface area is 117 Å². The first-order valence-electron chi connectivity index (χ1n) is 6.50. The summed E-state index contributed by atoms with van der Waals surface area (Å²) in [6, 6.07) is 13.4. The molecule has 0 amide bonds. The number of halogens is 2. The van der Waals surface area contributed by atoms with Gasteiger partial charge in [0.25, 0.3) is 0 Å². The van der Waals surface area contributed by atoms with Crippen molar-refractivity contribution in [2.75, 3.05) is 5.32 Å². The zero-order valence-corrected chi connectivity index (χ0v) is 11.3. The van der Waals surface area contributed by atoms with E-state index in [1.165, 1.54) is 30.0 Å². The summed E-state index contributed by atoms with van der Waals surface area (Å²) in [6.07, 6.45) is 2.65. The van der Waals surface area contributed by atoms with Crippen LogP contribution in [0.4, 0.5) is 10.1 Å². The number of nitrogens with one attached hydrogen (secondary N) is 1. The van der Waals surface area contributed by atoms with Crippen LogP contribution in [-0.4, -0.2) is 0 Å². The van der Waals surface area contributed by atoms with Crippen molar-refractivity contribution in [2.45, 2.75) is 25.3 Å². The van der Waals surface area contributed by atoms with Crippen LogP contribution in [0.15, 0.2) is 42.5 Å². The monoisotopic (exact) mass is 275 g/mol. The molecule has 0 saturated heterocycles. The van der Waals surface area contributed by atoms with Crippen molar-refractivity contribution in [1.82, 2.24) is 0 Å². The standard InChI is InChI=1S/C16H15ClFN/c17-15-9-14(7-8-16(15)18)19-10-11-1-3-12(4-2-11)13-5-6-13/h1-4,7-9,13,19H,5-6,10H2. The number of hydrogen-bond donors (Lipinski definition) is 1. The van der Waals surface area contributed by atoms with Gasteiger partial charge in [-0.05, 0) is 48.1 Å². The van der Waals surface area contributed by atoms with Crippen LogP contribution in [0.2, 0.25) is 5.02 Å². The van der Waals surface area contributed by atoms with Crippen LogP contribution in [0.5, 0.6) is 0 Å². The highest BCUT2D eigenvalue weighted by Crippen LogP contribution is 2.39. The highest BCUT2D eigenvalue weighted by Gasteiger charge is 2.22. The summed E-state index contributed by atoms with van der Waals surface area (Å²) < 4.78 is 13.0. The van der Waals surface area contributed by atoms with E-state index in [1.807, 2.05) is 0 Å². The molecule has 1 N–H and O–H groups in total. The van der Waals surface area contributed by atoms with Crippen molar-refractivity contribution in [3.63, 3.8) is 0 Å². The van der Waals surface area contributed by atoms with E-state index in [1.54, 1.807) is 12.1 Å². The molecule has 0 bridgehead atoms. The third kappa shape index (κ3) is 3.07. The molecular formula is C16H15ClFN. The molecule has 3 heteroatoms. The number of hydrogen-bond acceptors (Lipinski definition) is 1. The largest absolute Gasteiger partial charge is 0.381 e. The van der Waals surface area contributed by atoms with Crippen LogP contribution in [-0.2, 0) is 6.54 Å². The summed E-state index contributed by atoms with van der Waals surface area (Å²) in [5.74, 6) is 0.402. The van der Waals surface area contributed by atoms with Gasteiger partial charge < -0.3 is 5.32 Å². The van der Waals surface area contributed by atoms with E-state index in [9.17, 15) is 4.39 Å². The van der Waals surface area contributed by atoms with Gasteiger partial charge in [-0.15, -0.1) is 0 Å². The quantitative estimate of drug-likeness (QED) is 0.831. The van der Waals surface area contributed by atoms with E-state index >= 15 is 0 Å². The van der Waals surface area contributed by atoms with Crippen molar-refractivity contribution in [3.05, 3.63) is 64.4 Å². The van der Waals surface area contributed by atoms with Gasteiger partial charge in [0.1, 0.15) is 5.82 Å². The van der Waals surface area contributed by atoms with Gasteiger partial charge in [-0.3, -0.25) is 0 Å². The lowest BCUT2D eigenvalue weighted by molar-refractivity contribution is 0.628. The van der Waals surface area contributed by atoms with Gasteiger partial charge in [0.2, 0.25) is 0 Å². The first kappa shape index (κ1) is 12.5. The second-order valence-corrected chi connectivity index (χ2v) is 5.41. The zero-order chi connectivity index (χ0) is 13.2. The van der Waals surface area contributed by atoms with Gasteiger partial charge in [0, 0.05) is 12.2 Å². The summed E-state index contributed by atoms with van der Waals surface area (Å²) >= 11 is 5.74. The van der Waals surface area contributed by atoms with Gasteiger partial charge in [0.15, 0.2) is 0 Å². The lowest BCUT2D eigenvalue weighted by atomic mass is 10.1. The Morgan fingerprint density at radius 1 is 1.11 bits per heavy atom. The van der Waals surface area contributed by atoms with Gasteiger partial charge in [-0.1, -0.05) is 35.9 Å². The maximum Gasteiger partial charge on any atom is 0.141 e. The molecule has 2 aromatic carbocycles. The minimum absolute atomic E-state index is 0.147. The fraction of sp³-hybridized carbons (Fsp3) is 0.250. The Morgan fingerprint density at radius 3 is 2.47 bits per heavy atom. The molecule has 2 aromatic rings. The summed E-state index contributed by atoms with van der Waals surface area (Å²) in [5.41, 5.74) is 3.48. The van der Waals surface area contributed by atoms with Crippen LogP contribution >= 0.6 is 11.6 Å². The van der Waals surface area contributed by atoms with E-state index in [-0.39, 0.29) is 10.8 Å². The molecule has 1 nitrogen and oxygen atoms in total. The Balaban J connectivity index is 1.63. The molecule has 3 rings (SSSR count). The first-order chi connectivity index (χ1) is 9.22. The molecule has 1 aliphatic carbocycles. The van der Waals surface area contributed by atoms with Crippen LogP contribution < -0.4 is 5.32 Å². The van der Waals surface area contributed by atoms with Gasteiger partial charge in [-0.25, -0.2) is 4.39 Å². The van der Waals surface area contributed by atoms with E-state index < -0.39 is 0 Å². The Hall–Kier alpha value is -1.54. The van der Waals surface area contributed by atoms with Crippen LogP contribution in [0.25, 0.3) is 0 Å². The lowest BCUT2D eigenvalue weighted by Crippen LogP contribution is -1.99. The van der Waals surface area contributed by atoms with Gasteiger partial charge in [-0.2, -0.15) is 0 Å². The Morgan fingerprint density at radius 2 is 1.84 bits per heavy atom. The highest BCUT2D eigenvalue weighted by molar-refractivity contribution is 6.31. The van der Waals surface area contributed by atoms with Crippen LogP contribution in [0, 0.1) is 5.82 Å². The number of anilines is 1. The summed E-state index contributed by atoms with van der Waals surface area (Å²) in [6.45, 7) is 0.715. The Bertz CT molecular complexity index is 576. The minimum Gasteiger partial charge on any atom is -0.381 e. The fourth-order valence-electron chi connectivity index (χ4n) is 2.13. The average Bonchev–Trinajstić information content (AvgIpc) is 3.25. The molecular weight excluding hydrogens is 261 g/mol. The molecule has 0 unspecified atom stereocenters. The SMILES string of the molecule is Fc1ccc(NCc2ccc(C3CC3)cc2)cc1Cl. The molecule has 0 atom stereocenters. The highest BCUT2D eigenvalue weighted by atomic mass is 35.5. The molecule has 1 saturated carbocycles. The topological polar surface area (TPSA) is 12.0 Å². The van der Waals surface area contributed by atoms with Crippen LogP contribution in [0.3, 0.4) is 0 Å². The summed E-state index contributed by atoms with van der Waals surface area (Å²) in [7, 11) is 0. The third-order valence-corrected chi connectivity index (χ3v) is 3.73.